The lowest BCUT2D eigenvalue weighted by Gasteiger charge is -2.36. The number of carbonyl (C=O) groups excluding carboxylic acids is 2. The fourth-order valence-corrected chi connectivity index (χ4v) is 3.49. The van der Waals surface area contributed by atoms with E-state index >= 15 is 0 Å². The Morgan fingerprint density at radius 1 is 1.21 bits per heavy atom. The predicted octanol–water partition coefficient (Wildman–Crippen LogP) is 1.63. The molecule has 0 aliphatic carbocycles. The Labute approximate surface area is 183 Å². The Morgan fingerprint density at radius 2 is 1.96 bits per heavy atom. The maximum Gasteiger partial charge on any atom is 0.289 e. The molecule has 3 heterocycles. The molecule has 2 fully saturated rings. The van der Waals surface area contributed by atoms with Gasteiger partial charge in [0.15, 0.2) is 11.7 Å². The van der Waals surface area contributed by atoms with Crippen molar-refractivity contribution in [3.05, 3.63) is 24.2 Å². The predicted molar refractivity (Wildman–Crippen MR) is 118 cm³/mol. The maximum absolute atomic E-state index is 12.4. The number of hydrogen-bond donors (Lipinski definition) is 1. The SMILES string of the molecule is CCNC(=NCCCN1CCCC1=O)N1CCN(C(=O)c2ccco2)CC1.I. The first kappa shape index (κ1) is 22.5. The maximum atomic E-state index is 12.4. The van der Waals surface area contributed by atoms with Crippen LogP contribution in [-0.4, -0.2) is 84.8 Å². The first-order valence-corrected chi connectivity index (χ1v) is 9.83. The van der Waals surface area contributed by atoms with Crippen LogP contribution in [0, 0.1) is 0 Å². The minimum atomic E-state index is -0.0585. The summed E-state index contributed by atoms with van der Waals surface area (Å²) >= 11 is 0. The summed E-state index contributed by atoms with van der Waals surface area (Å²) in [7, 11) is 0. The molecule has 0 radical (unpaired) electrons. The van der Waals surface area contributed by atoms with Crippen molar-refractivity contribution in [2.45, 2.75) is 26.2 Å². The molecule has 8 nitrogen and oxygen atoms in total. The summed E-state index contributed by atoms with van der Waals surface area (Å²) in [4.78, 5) is 34.7. The van der Waals surface area contributed by atoms with Crippen LogP contribution in [0.25, 0.3) is 0 Å². The standard InChI is InChI=1S/C19H29N5O3.HI/c1-2-20-19(21-8-5-10-22-9-3-7-17(22)25)24-13-11-23(12-14-24)18(26)16-6-4-15-27-16;/h4,6,15H,2-3,5,7-14H2,1H3,(H,20,21);1H. The van der Waals surface area contributed by atoms with Gasteiger partial charge in [-0.3, -0.25) is 14.6 Å². The minimum Gasteiger partial charge on any atom is -0.459 e. The second-order valence-electron chi connectivity index (χ2n) is 6.83. The van der Waals surface area contributed by atoms with Gasteiger partial charge in [0.05, 0.1) is 6.26 Å². The van der Waals surface area contributed by atoms with E-state index in [0.29, 0.717) is 31.8 Å². The third kappa shape index (κ3) is 5.86. The van der Waals surface area contributed by atoms with Gasteiger partial charge < -0.3 is 24.4 Å². The van der Waals surface area contributed by atoms with Crippen molar-refractivity contribution in [3.63, 3.8) is 0 Å². The summed E-state index contributed by atoms with van der Waals surface area (Å²) < 4.78 is 5.21. The quantitative estimate of drug-likeness (QED) is 0.276. The number of nitrogens with one attached hydrogen (secondary N) is 1. The van der Waals surface area contributed by atoms with E-state index in [1.807, 2.05) is 9.80 Å². The number of hydrogen-bond acceptors (Lipinski definition) is 4. The molecule has 1 N–H and O–H groups in total. The van der Waals surface area contributed by atoms with Crippen LogP contribution >= 0.6 is 24.0 Å². The largest absolute Gasteiger partial charge is 0.459 e. The van der Waals surface area contributed by atoms with Crippen LogP contribution in [0.3, 0.4) is 0 Å². The normalized spacial score (nSPS) is 17.7. The molecule has 0 atom stereocenters. The summed E-state index contributed by atoms with van der Waals surface area (Å²) in [6.45, 7) is 7.98. The molecular formula is C19H30IN5O3. The first-order chi connectivity index (χ1) is 13.2. The molecule has 2 aliphatic heterocycles. The van der Waals surface area contributed by atoms with Gasteiger partial charge in [0, 0.05) is 58.8 Å². The zero-order chi connectivity index (χ0) is 19.1. The molecule has 9 heteroatoms. The van der Waals surface area contributed by atoms with Gasteiger partial charge in [0.1, 0.15) is 0 Å². The van der Waals surface area contributed by atoms with Crippen LogP contribution in [0.15, 0.2) is 27.8 Å². The Morgan fingerprint density at radius 3 is 2.57 bits per heavy atom. The van der Waals surface area contributed by atoms with Crippen molar-refractivity contribution in [2.75, 3.05) is 52.4 Å². The number of carbonyl (C=O) groups is 2. The van der Waals surface area contributed by atoms with Crippen molar-refractivity contribution in [1.82, 2.24) is 20.0 Å². The van der Waals surface area contributed by atoms with Crippen molar-refractivity contribution < 1.29 is 14.0 Å². The summed E-state index contributed by atoms with van der Waals surface area (Å²) in [5, 5.41) is 3.33. The number of halogens is 1. The molecule has 0 saturated carbocycles. The van der Waals surface area contributed by atoms with Crippen molar-refractivity contribution >= 4 is 41.8 Å². The van der Waals surface area contributed by atoms with Crippen LogP contribution in [-0.2, 0) is 4.79 Å². The molecular weight excluding hydrogens is 473 g/mol. The third-order valence-electron chi connectivity index (χ3n) is 4.95. The second kappa shape index (κ2) is 11.3. The molecule has 2 aliphatic rings. The highest BCUT2D eigenvalue weighted by Crippen LogP contribution is 2.11. The molecule has 2 saturated heterocycles. The molecule has 3 rings (SSSR count). The smallest absolute Gasteiger partial charge is 0.289 e. The van der Waals surface area contributed by atoms with E-state index < -0.39 is 0 Å². The molecule has 156 valence electrons. The molecule has 0 aromatic carbocycles. The first-order valence-electron chi connectivity index (χ1n) is 9.83. The van der Waals surface area contributed by atoms with Gasteiger partial charge in [-0.25, -0.2) is 0 Å². The topological polar surface area (TPSA) is 81.4 Å². The fraction of sp³-hybridized carbons (Fsp3) is 0.632. The van der Waals surface area contributed by atoms with E-state index in [4.69, 9.17) is 9.41 Å². The summed E-state index contributed by atoms with van der Waals surface area (Å²) in [5.74, 6) is 1.48. The lowest BCUT2D eigenvalue weighted by Crippen LogP contribution is -2.53. The van der Waals surface area contributed by atoms with Gasteiger partial charge in [-0.05, 0) is 31.9 Å². The Balaban J connectivity index is 0.00000280. The number of amides is 2. The van der Waals surface area contributed by atoms with Crippen LogP contribution in [0.4, 0.5) is 0 Å². The molecule has 0 unspecified atom stereocenters. The van der Waals surface area contributed by atoms with E-state index in [1.165, 1.54) is 6.26 Å². The number of rotatable bonds is 6. The number of piperazine rings is 1. The fourth-order valence-electron chi connectivity index (χ4n) is 3.49. The van der Waals surface area contributed by atoms with Crippen LogP contribution in [0.1, 0.15) is 36.7 Å². The number of aliphatic imine (C=N–C) groups is 1. The van der Waals surface area contributed by atoms with Crippen LogP contribution in [0.2, 0.25) is 0 Å². The lowest BCUT2D eigenvalue weighted by atomic mass is 10.3. The number of guanidine groups is 1. The lowest BCUT2D eigenvalue weighted by molar-refractivity contribution is -0.127. The Hall–Kier alpha value is -1.78. The van der Waals surface area contributed by atoms with Gasteiger partial charge in [0.25, 0.3) is 5.91 Å². The van der Waals surface area contributed by atoms with Gasteiger partial charge in [-0.2, -0.15) is 0 Å². The molecule has 1 aromatic rings. The van der Waals surface area contributed by atoms with Crippen LogP contribution < -0.4 is 5.32 Å². The highest BCUT2D eigenvalue weighted by Gasteiger charge is 2.25. The van der Waals surface area contributed by atoms with Crippen molar-refractivity contribution in [1.29, 1.82) is 0 Å². The van der Waals surface area contributed by atoms with Gasteiger partial charge in [-0.1, -0.05) is 0 Å². The highest BCUT2D eigenvalue weighted by atomic mass is 127. The Kier molecular flexibility index (Phi) is 9.07. The number of likely N-dealkylation sites (tertiary alicyclic amines) is 1. The molecule has 2 amide bonds. The van der Waals surface area contributed by atoms with Crippen molar-refractivity contribution in [2.24, 2.45) is 4.99 Å². The van der Waals surface area contributed by atoms with E-state index in [9.17, 15) is 9.59 Å². The molecule has 28 heavy (non-hydrogen) atoms. The monoisotopic (exact) mass is 503 g/mol. The molecule has 0 bridgehead atoms. The van der Waals surface area contributed by atoms with Gasteiger partial charge in [0.2, 0.25) is 5.91 Å². The van der Waals surface area contributed by atoms with E-state index in [-0.39, 0.29) is 35.8 Å². The van der Waals surface area contributed by atoms with E-state index in [2.05, 4.69) is 17.1 Å². The molecule has 0 spiro atoms. The average molecular weight is 503 g/mol. The number of furan rings is 1. The third-order valence-corrected chi connectivity index (χ3v) is 4.95. The summed E-state index contributed by atoms with van der Waals surface area (Å²) in [6, 6.07) is 3.43. The average Bonchev–Trinajstić information content (AvgIpc) is 3.36. The van der Waals surface area contributed by atoms with E-state index in [0.717, 1.165) is 51.5 Å². The zero-order valence-electron chi connectivity index (χ0n) is 16.4. The van der Waals surface area contributed by atoms with Gasteiger partial charge >= 0.3 is 0 Å². The van der Waals surface area contributed by atoms with Crippen molar-refractivity contribution in [3.8, 4) is 0 Å². The van der Waals surface area contributed by atoms with Gasteiger partial charge in [-0.15, -0.1) is 24.0 Å². The van der Waals surface area contributed by atoms with Crippen LogP contribution in [0.5, 0.6) is 0 Å². The zero-order valence-corrected chi connectivity index (χ0v) is 18.8. The Bertz CT molecular complexity index is 657. The minimum absolute atomic E-state index is 0. The second-order valence-corrected chi connectivity index (χ2v) is 6.83. The summed E-state index contributed by atoms with van der Waals surface area (Å²) in [6.07, 6.45) is 4.06. The highest BCUT2D eigenvalue weighted by molar-refractivity contribution is 14.0. The van der Waals surface area contributed by atoms with E-state index in [1.54, 1.807) is 12.1 Å². The number of nitrogens with zero attached hydrogens (tertiary/aromatic N) is 4. The summed E-state index contributed by atoms with van der Waals surface area (Å²) in [5.41, 5.74) is 0. The molecule has 1 aromatic heterocycles.